The van der Waals surface area contributed by atoms with Crippen molar-refractivity contribution in [2.45, 2.75) is 38.8 Å². The quantitative estimate of drug-likeness (QED) is 0.826. The van der Waals surface area contributed by atoms with Crippen LogP contribution in [0.4, 0.5) is 0 Å². The summed E-state index contributed by atoms with van der Waals surface area (Å²) in [5.74, 6) is -0.823. The Bertz CT molecular complexity index is 547. The van der Waals surface area contributed by atoms with E-state index < -0.39 is 5.91 Å². The van der Waals surface area contributed by atoms with Crippen molar-refractivity contribution in [2.24, 2.45) is 0 Å². The number of carbonyl (C=O) groups excluding carboxylic acids is 2. The van der Waals surface area contributed by atoms with Gasteiger partial charge in [0, 0.05) is 44.1 Å². The summed E-state index contributed by atoms with van der Waals surface area (Å²) in [5, 5.41) is 6.04. The Morgan fingerprint density at radius 3 is 2.64 bits per heavy atom. The molecule has 2 fully saturated rings. The Balaban J connectivity index is 1.45. The van der Waals surface area contributed by atoms with Gasteiger partial charge >= 0.3 is 11.8 Å². The topological polar surface area (TPSA) is 65.5 Å². The molecular weight excluding hydrogens is 300 g/mol. The molecule has 6 nitrogen and oxygen atoms in total. The average Bonchev–Trinajstić information content (AvgIpc) is 3.23. The molecule has 2 amide bonds. The minimum Gasteiger partial charge on any atom is -0.345 e. The van der Waals surface area contributed by atoms with Gasteiger partial charge < -0.3 is 10.2 Å². The number of aromatic nitrogens is 1. The molecule has 22 heavy (non-hydrogen) atoms. The molecule has 0 bridgehead atoms. The van der Waals surface area contributed by atoms with Crippen LogP contribution in [0.3, 0.4) is 0 Å². The number of thiazole rings is 1. The predicted octanol–water partition coefficient (Wildman–Crippen LogP) is 0.628. The lowest BCUT2D eigenvalue weighted by Gasteiger charge is -2.33. The molecule has 1 aliphatic carbocycles. The van der Waals surface area contributed by atoms with Crippen LogP contribution in [-0.4, -0.2) is 58.8 Å². The van der Waals surface area contributed by atoms with Crippen LogP contribution in [0.25, 0.3) is 0 Å². The molecule has 2 aliphatic rings. The molecule has 1 saturated carbocycles. The molecule has 1 aromatic heterocycles. The van der Waals surface area contributed by atoms with E-state index >= 15 is 0 Å². The first-order valence-electron chi connectivity index (χ1n) is 7.91. The largest absolute Gasteiger partial charge is 0.345 e. The van der Waals surface area contributed by atoms with Crippen LogP contribution < -0.4 is 5.32 Å². The van der Waals surface area contributed by atoms with Gasteiger partial charge in [0.2, 0.25) is 0 Å². The van der Waals surface area contributed by atoms with E-state index in [4.69, 9.17) is 0 Å². The van der Waals surface area contributed by atoms with Gasteiger partial charge in [-0.1, -0.05) is 6.92 Å². The van der Waals surface area contributed by atoms with Gasteiger partial charge in [-0.2, -0.15) is 0 Å². The van der Waals surface area contributed by atoms with E-state index in [1.54, 1.807) is 16.2 Å². The zero-order valence-electron chi connectivity index (χ0n) is 12.9. The molecule has 1 aliphatic heterocycles. The fraction of sp³-hybridized carbons (Fsp3) is 0.667. The van der Waals surface area contributed by atoms with E-state index in [0.717, 1.165) is 44.6 Å². The van der Waals surface area contributed by atoms with Crippen LogP contribution >= 0.6 is 11.3 Å². The van der Waals surface area contributed by atoms with Gasteiger partial charge in [-0.25, -0.2) is 4.98 Å². The molecule has 1 N–H and O–H groups in total. The standard InChI is InChI=1S/C15H22N4O2S/c1-2-13-16-12(10-22-13)9-18-5-7-19(8-6-18)15(21)14(20)17-11-3-4-11/h10-11H,2-9H2,1H3,(H,17,20). The fourth-order valence-electron chi connectivity index (χ4n) is 2.54. The van der Waals surface area contributed by atoms with E-state index in [1.165, 1.54) is 5.01 Å². The van der Waals surface area contributed by atoms with E-state index in [0.29, 0.717) is 13.1 Å². The van der Waals surface area contributed by atoms with Gasteiger partial charge in [-0.3, -0.25) is 14.5 Å². The number of carbonyl (C=O) groups is 2. The van der Waals surface area contributed by atoms with Crippen molar-refractivity contribution >= 4 is 23.2 Å². The van der Waals surface area contributed by atoms with E-state index in [2.05, 4.69) is 27.5 Å². The SMILES string of the molecule is CCc1nc(CN2CCN(C(=O)C(=O)NC3CC3)CC2)cs1. The van der Waals surface area contributed by atoms with Crippen LogP contribution in [0.2, 0.25) is 0 Å². The van der Waals surface area contributed by atoms with Gasteiger partial charge in [-0.15, -0.1) is 11.3 Å². The van der Waals surface area contributed by atoms with Crippen molar-refractivity contribution in [2.75, 3.05) is 26.2 Å². The van der Waals surface area contributed by atoms with Crippen LogP contribution in [0.5, 0.6) is 0 Å². The maximum Gasteiger partial charge on any atom is 0.311 e. The van der Waals surface area contributed by atoms with Crippen LogP contribution in [0.15, 0.2) is 5.38 Å². The molecule has 7 heteroatoms. The third-order valence-electron chi connectivity index (χ3n) is 4.05. The third kappa shape index (κ3) is 3.84. The summed E-state index contributed by atoms with van der Waals surface area (Å²) in [4.78, 5) is 32.4. The lowest BCUT2D eigenvalue weighted by atomic mass is 10.3. The molecule has 1 saturated heterocycles. The molecule has 0 aromatic carbocycles. The van der Waals surface area contributed by atoms with Crippen LogP contribution in [0.1, 0.15) is 30.5 Å². The summed E-state index contributed by atoms with van der Waals surface area (Å²) in [5.41, 5.74) is 1.10. The van der Waals surface area contributed by atoms with Crippen LogP contribution in [0, 0.1) is 0 Å². The zero-order chi connectivity index (χ0) is 15.5. The number of aryl methyl sites for hydroxylation is 1. The van der Waals surface area contributed by atoms with Crippen molar-refractivity contribution in [3.63, 3.8) is 0 Å². The van der Waals surface area contributed by atoms with E-state index in [9.17, 15) is 9.59 Å². The summed E-state index contributed by atoms with van der Waals surface area (Å²) in [7, 11) is 0. The second-order valence-corrected chi connectivity index (χ2v) is 6.84. The lowest BCUT2D eigenvalue weighted by molar-refractivity contribution is -0.147. The number of hydrogen-bond acceptors (Lipinski definition) is 5. The molecule has 0 spiro atoms. The Morgan fingerprint density at radius 2 is 2.05 bits per heavy atom. The molecular formula is C15H22N4O2S. The molecule has 0 unspecified atom stereocenters. The lowest BCUT2D eigenvalue weighted by Crippen LogP contribution is -2.52. The molecule has 0 radical (unpaired) electrons. The van der Waals surface area contributed by atoms with Crippen molar-refractivity contribution in [1.29, 1.82) is 0 Å². The Kier molecular flexibility index (Phi) is 4.73. The van der Waals surface area contributed by atoms with E-state index in [-0.39, 0.29) is 11.9 Å². The van der Waals surface area contributed by atoms with Crippen LogP contribution in [-0.2, 0) is 22.6 Å². The number of nitrogens with one attached hydrogen (secondary N) is 1. The summed E-state index contributed by atoms with van der Waals surface area (Å²) in [6.07, 6.45) is 2.98. The molecule has 2 heterocycles. The maximum atomic E-state index is 12.1. The first kappa shape index (κ1) is 15.4. The molecule has 0 atom stereocenters. The second-order valence-electron chi connectivity index (χ2n) is 5.90. The highest BCUT2D eigenvalue weighted by molar-refractivity contribution is 7.09. The Morgan fingerprint density at radius 1 is 1.32 bits per heavy atom. The highest BCUT2D eigenvalue weighted by Crippen LogP contribution is 2.18. The maximum absolute atomic E-state index is 12.1. The number of piperazine rings is 1. The van der Waals surface area contributed by atoms with Crippen molar-refractivity contribution < 1.29 is 9.59 Å². The number of amides is 2. The highest BCUT2D eigenvalue weighted by atomic mass is 32.1. The van der Waals surface area contributed by atoms with Gasteiger partial charge in [0.25, 0.3) is 0 Å². The molecule has 120 valence electrons. The smallest absolute Gasteiger partial charge is 0.311 e. The number of rotatable bonds is 4. The minimum atomic E-state index is -0.442. The fourth-order valence-corrected chi connectivity index (χ4v) is 3.28. The van der Waals surface area contributed by atoms with Gasteiger partial charge in [-0.05, 0) is 19.3 Å². The summed E-state index contributed by atoms with van der Waals surface area (Å²) >= 11 is 1.70. The average molecular weight is 322 g/mol. The Hall–Kier alpha value is -1.47. The van der Waals surface area contributed by atoms with Gasteiger partial charge in [0.1, 0.15) is 0 Å². The second kappa shape index (κ2) is 6.75. The zero-order valence-corrected chi connectivity index (χ0v) is 13.7. The summed E-state index contributed by atoms with van der Waals surface area (Å²) in [6.45, 7) is 5.75. The number of nitrogens with zero attached hydrogens (tertiary/aromatic N) is 3. The number of hydrogen-bond donors (Lipinski definition) is 1. The monoisotopic (exact) mass is 322 g/mol. The van der Waals surface area contributed by atoms with E-state index in [1.807, 2.05) is 0 Å². The van der Waals surface area contributed by atoms with Gasteiger partial charge in [0.05, 0.1) is 10.7 Å². The minimum absolute atomic E-state index is 0.232. The first-order valence-corrected chi connectivity index (χ1v) is 8.79. The molecule has 1 aromatic rings. The third-order valence-corrected chi connectivity index (χ3v) is 5.10. The highest BCUT2D eigenvalue weighted by Gasteiger charge is 2.30. The Labute approximate surface area is 134 Å². The van der Waals surface area contributed by atoms with Gasteiger partial charge in [0.15, 0.2) is 0 Å². The normalized spacial score (nSPS) is 19.2. The molecule has 3 rings (SSSR count). The summed E-state index contributed by atoms with van der Waals surface area (Å²) < 4.78 is 0. The van der Waals surface area contributed by atoms with Crippen molar-refractivity contribution in [3.8, 4) is 0 Å². The van der Waals surface area contributed by atoms with Crippen molar-refractivity contribution in [3.05, 3.63) is 16.1 Å². The van der Waals surface area contributed by atoms with Crippen molar-refractivity contribution in [1.82, 2.24) is 20.1 Å². The summed E-state index contributed by atoms with van der Waals surface area (Å²) in [6, 6.07) is 0.232. The first-order chi connectivity index (χ1) is 10.7. The predicted molar refractivity (Wildman–Crippen MR) is 84.5 cm³/mol.